The third-order valence-electron chi connectivity index (χ3n) is 13.6. The number of hydrogen-bond donors (Lipinski definition) is 4. The Hall–Kier alpha value is -4.53. The zero-order valence-corrected chi connectivity index (χ0v) is 46.3. The van der Waals surface area contributed by atoms with Crippen LogP contribution in [0.2, 0.25) is 0 Å². The topological polar surface area (TPSA) is 233 Å². The second-order valence-corrected chi connectivity index (χ2v) is 24.9. The minimum Gasteiger partial charge on any atom is -0.444 e. The average Bonchev–Trinajstić information content (AvgIpc) is 3.85. The van der Waals surface area contributed by atoms with E-state index in [9.17, 15) is 33.6 Å². The number of alkyl carbamates (subject to hydrolysis) is 2. The molecule has 21 heteroatoms. The highest BCUT2D eigenvalue weighted by Gasteiger charge is 2.69. The maximum Gasteiger partial charge on any atom is 0.481 e. The van der Waals surface area contributed by atoms with E-state index in [4.69, 9.17) is 28.3 Å². The molecule has 5 rings (SSSR count). The monoisotopic (exact) mass is 1020 g/mol. The van der Waals surface area contributed by atoms with Gasteiger partial charge in [-0.3, -0.25) is 14.4 Å². The summed E-state index contributed by atoms with van der Waals surface area (Å²) in [7, 11) is -0.470. The lowest BCUT2D eigenvalue weighted by atomic mass is 9.43. The maximum atomic E-state index is 13.7. The number of carbonyl (C=O) groups is 7. The van der Waals surface area contributed by atoms with Crippen LogP contribution in [0, 0.1) is 23.2 Å². The van der Waals surface area contributed by atoms with Crippen molar-refractivity contribution in [2.45, 2.75) is 202 Å². The van der Waals surface area contributed by atoms with Crippen LogP contribution in [-0.2, 0) is 42.6 Å². The van der Waals surface area contributed by atoms with Gasteiger partial charge in [0.15, 0.2) is 0 Å². The van der Waals surface area contributed by atoms with E-state index in [-0.39, 0.29) is 99.4 Å². The molecule has 2 aliphatic heterocycles. The van der Waals surface area contributed by atoms with Crippen molar-refractivity contribution in [3.63, 3.8) is 0 Å². The molecule has 2 heterocycles. The van der Waals surface area contributed by atoms with Crippen LogP contribution < -0.4 is 21.3 Å². The number of carbonyl (C=O) groups excluding carboxylic acids is 7. The minimum absolute atomic E-state index is 0.000523. The molecule has 72 heavy (non-hydrogen) atoms. The highest BCUT2D eigenvalue weighted by molar-refractivity contribution is 6.48. The summed E-state index contributed by atoms with van der Waals surface area (Å²) in [5.74, 6) is -0.530. The van der Waals surface area contributed by atoms with Crippen LogP contribution in [0.5, 0.6) is 0 Å². The van der Waals surface area contributed by atoms with Gasteiger partial charge in [-0.05, 0) is 146 Å². The molecule has 0 spiro atoms. The van der Waals surface area contributed by atoms with E-state index in [1.807, 2.05) is 4.90 Å². The van der Waals surface area contributed by atoms with Gasteiger partial charge in [-0.25, -0.2) is 19.2 Å². The fourth-order valence-corrected chi connectivity index (χ4v) is 10.2. The molecule has 20 nitrogen and oxygen atoms in total. The number of nitrogens with one attached hydrogen (secondary N) is 4. The molecular formula is C51H90BN7O13. The lowest BCUT2D eigenvalue weighted by molar-refractivity contribution is -0.199. The number of unbranched alkanes of at least 4 members (excludes halogenated alkanes) is 2. The smallest absolute Gasteiger partial charge is 0.444 e. The van der Waals surface area contributed by atoms with E-state index >= 15 is 0 Å². The Morgan fingerprint density at radius 3 is 1.69 bits per heavy atom. The Bertz CT molecular complexity index is 1830. The standard InChI is InChI=1S/C51H90BN7O13/c1-46(2,3)67-42(63)54-23-26-57(44(65)69-48(7,8)9)32-34(33-58(45(66)70-49(10,11)12)27-24-55-43(64)68-47(4,5)6)28-40(61)53-22-18-16-17-21-39(60)56-31-41(62)59-25-19-20-38(59)52-71-37-30-35-29-36(50(35,13)14)51(37,15)72-52/h34-38H,16-33H2,1-15H3,(H,53,61)(H,54,63)(H,55,64)(H,56,60)/t35-,36-,37?,38-,51-/m0/s1. The van der Waals surface area contributed by atoms with Gasteiger partial charge in [-0.2, -0.15) is 0 Å². The van der Waals surface area contributed by atoms with Gasteiger partial charge in [0.1, 0.15) is 22.4 Å². The fraction of sp³-hybridized carbons (Fsp3) is 0.863. The second-order valence-electron chi connectivity index (χ2n) is 24.9. The molecule has 4 N–H and O–H groups in total. The van der Waals surface area contributed by atoms with Crippen molar-refractivity contribution in [3.8, 4) is 0 Å². The normalized spacial score (nSPS) is 22.5. The number of hydrogen-bond acceptors (Lipinski definition) is 13. The summed E-state index contributed by atoms with van der Waals surface area (Å²) < 4.78 is 35.4. The Morgan fingerprint density at radius 2 is 1.19 bits per heavy atom. The number of amides is 7. The molecule has 3 saturated carbocycles. The number of nitrogens with zero attached hydrogens (tertiary/aromatic N) is 3. The molecule has 0 radical (unpaired) electrons. The van der Waals surface area contributed by atoms with E-state index < -0.39 is 59.8 Å². The third-order valence-corrected chi connectivity index (χ3v) is 13.6. The first-order valence-corrected chi connectivity index (χ1v) is 26.2. The SMILES string of the molecule is CC(C)(C)OC(=O)NCCN(CC(CC(=O)NCCCCCC(=O)NCC(=O)N1CCC[C@H]1B1OC2C[C@@H]3C[C@@H](C3(C)C)[C@]2(C)O1)CN(CCNC(=O)OC(C)(C)C)C(=O)OC(C)(C)C)C(=O)OC(C)(C)C. The molecule has 5 atom stereocenters. The van der Waals surface area contributed by atoms with Crippen molar-refractivity contribution in [1.82, 2.24) is 36.0 Å². The molecule has 1 unspecified atom stereocenters. The molecule has 0 aromatic carbocycles. The highest BCUT2D eigenvalue weighted by atomic mass is 16.7. The first-order valence-electron chi connectivity index (χ1n) is 26.2. The van der Waals surface area contributed by atoms with Crippen molar-refractivity contribution in [2.75, 3.05) is 58.9 Å². The van der Waals surface area contributed by atoms with Gasteiger partial charge in [-0.1, -0.05) is 20.3 Å². The van der Waals surface area contributed by atoms with E-state index in [1.165, 1.54) is 9.80 Å². The first kappa shape index (κ1) is 60.0. The average molecular weight is 1020 g/mol. The minimum atomic E-state index is -0.873. The Kier molecular flexibility index (Phi) is 20.6. The van der Waals surface area contributed by atoms with Gasteiger partial charge in [0.25, 0.3) is 0 Å². The Labute approximate surface area is 429 Å². The largest absolute Gasteiger partial charge is 0.481 e. The van der Waals surface area contributed by atoms with Crippen molar-refractivity contribution < 1.29 is 61.8 Å². The highest BCUT2D eigenvalue weighted by Crippen LogP contribution is 2.66. The van der Waals surface area contributed by atoms with Gasteiger partial charge in [-0.15, -0.1) is 0 Å². The molecule has 3 aliphatic carbocycles. The van der Waals surface area contributed by atoms with Crippen LogP contribution in [0.15, 0.2) is 0 Å². The third kappa shape index (κ3) is 18.8. The van der Waals surface area contributed by atoms with Gasteiger partial charge >= 0.3 is 31.5 Å². The molecule has 5 aliphatic rings. The van der Waals surface area contributed by atoms with Crippen LogP contribution in [0.4, 0.5) is 19.2 Å². The summed E-state index contributed by atoms with van der Waals surface area (Å²) in [4.78, 5) is 96.9. The number of ether oxygens (including phenoxy) is 4. The van der Waals surface area contributed by atoms with E-state index in [0.717, 1.165) is 25.7 Å². The first-order chi connectivity index (χ1) is 33.2. The van der Waals surface area contributed by atoms with Crippen LogP contribution in [0.25, 0.3) is 0 Å². The lowest BCUT2D eigenvalue weighted by Crippen LogP contribution is -2.65. The summed E-state index contributed by atoms with van der Waals surface area (Å²) >= 11 is 0. The van der Waals surface area contributed by atoms with Crippen molar-refractivity contribution >= 4 is 49.2 Å². The number of rotatable bonds is 21. The van der Waals surface area contributed by atoms with Crippen molar-refractivity contribution in [2.24, 2.45) is 23.2 Å². The molecule has 2 saturated heterocycles. The zero-order valence-electron chi connectivity index (χ0n) is 46.3. The predicted molar refractivity (Wildman–Crippen MR) is 272 cm³/mol. The number of likely N-dealkylation sites (tertiary alicyclic amines) is 1. The van der Waals surface area contributed by atoms with Gasteiger partial charge in [0.2, 0.25) is 17.7 Å². The Morgan fingerprint density at radius 1 is 0.667 bits per heavy atom. The van der Waals surface area contributed by atoms with Crippen molar-refractivity contribution in [3.05, 3.63) is 0 Å². The molecule has 5 fully saturated rings. The molecule has 0 aromatic rings. The van der Waals surface area contributed by atoms with Crippen LogP contribution in [-0.4, -0.2) is 163 Å². The van der Waals surface area contributed by atoms with Gasteiger partial charge in [0.05, 0.1) is 24.2 Å². The van der Waals surface area contributed by atoms with Crippen LogP contribution >= 0.6 is 0 Å². The summed E-state index contributed by atoms with van der Waals surface area (Å²) in [6.07, 6.45) is 2.91. The fourth-order valence-electron chi connectivity index (χ4n) is 10.2. The van der Waals surface area contributed by atoms with Gasteiger partial charge in [0, 0.05) is 71.1 Å². The van der Waals surface area contributed by atoms with E-state index in [2.05, 4.69) is 42.0 Å². The summed E-state index contributed by atoms with van der Waals surface area (Å²) in [6, 6.07) is 0. The van der Waals surface area contributed by atoms with Crippen LogP contribution in [0.3, 0.4) is 0 Å². The quantitative estimate of drug-likeness (QED) is 0.0542. The Balaban J connectivity index is 1.32. The van der Waals surface area contributed by atoms with Crippen LogP contribution in [0.1, 0.15) is 162 Å². The molecular weight excluding hydrogens is 929 g/mol. The second kappa shape index (κ2) is 24.7. The molecule has 2 bridgehead atoms. The summed E-state index contributed by atoms with van der Waals surface area (Å²) in [5.41, 5.74) is -3.37. The zero-order chi connectivity index (χ0) is 54.0. The summed E-state index contributed by atoms with van der Waals surface area (Å²) in [6.45, 7) is 28.2. The van der Waals surface area contributed by atoms with E-state index in [1.54, 1.807) is 83.1 Å². The predicted octanol–water partition coefficient (Wildman–Crippen LogP) is 6.57. The molecule has 7 amide bonds. The van der Waals surface area contributed by atoms with Gasteiger partial charge < -0.3 is 64.2 Å². The molecule has 410 valence electrons. The van der Waals surface area contributed by atoms with E-state index in [0.29, 0.717) is 44.2 Å². The van der Waals surface area contributed by atoms with Crippen molar-refractivity contribution in [1.29, 1.82) is 0 Å². The maximum absolute atomic E-state index is 13.7. The molecule has 0 aromatic heterocycles. The summed E-state index contributed by atoms with van der Waals surface area (Å²) in [5, 5.41) is 11.1. The lowest BCUT2D eigenvalue weighted by Gasteiger charge is -2.64.